The highest BCUT2D eigenvalue weighted by molar-refractivity contribution is 5.91. The van der Waals surface area contributed by atoms with Crippen molar-refractivity contribution in [1.82, 2.24) is 39.5 Å². The zero-order valence-corrected chi connectivity index (χ0v) is 49.7. The highest BCUT2D eigenvalue weighted by atomic mass is 19.1. The maximum atomic E-state index is 13.3. The second-order valence-corrected chi connectivity index (χ2v) is 21.4. The van der Waals surface area contributed by atoms with E-state index in [1.165, 1.54) is 24.3 Å². The fourth-order valence-electron chi connectivity index (χ4n) is 9.54. The Labute approximate surface area is 508 Å². The Morgan fingerprint density at radius 3 is 1.02 bits per heavy atom. The van der Waals surface area contributed by atoms with E-state index in [2.05, 4.69) is 53.8 Å². The van der Waals surface area contributed by atoms with Gasteiger partial charge in [0, 0.05) is 100 Å². The molecule has 22 nitrogen and oxygen atoms in total. The molecular formula is C64H78F2N8O14. The Hall–Kier alpha value is -9.42. The minimum atomic E-state index is -1.26. The maximum Gasteiger partial charge on any atom is 0.328 e. The van der Waals surface area contributed by atoms with Gasteiger partial charge in [-0.25, -0.2) is 47.5 Å². The molecule has 0 aliphatic carbocycles. The molecule has 0 saturated carbocycles. The number of nitrogens with zero attached hydrogens (tertiary/aromatic N) is 6. The summed E-state index contributed by atoms with van der Waals surface area (Å²) < 4.78 is 31.3. The summed E-state index contributed by atoms with van der Waals surface area (Å²) in [7, 11) is 0. The van der Waals surface area contributed by atoms with Crippen molar-refractivity contribution in [3.63, 3.8) is 0 Å². The van der Waals surface area contributed by atoms with Gasteiger partial charge in [0.05, 0.1) is 22.1 Å². The molecule has 88 heavy (non-hydrogen) atoms. The van der Waals surface area contributed by atoms with E-state index in [0.717, 1.165) is 123 Å². The number of benzene rings is 4. The number of hydrogen-bond donors (Lipinski definition) is 8. The van der Waals surface area contributed by atoms with Gasteiger partial charge in [-0.15, -0.1) is 0 Å². The van der Waals surface area contributed by atoms with Crippen LogP contribution in [-0.4, -0.2) is 159 Å². The molecule has 472 valence electrons. The number of hydrogen-bond acceptors (Lipinski definition) is 12. The Bertz CT molecular complexity index is 3040. The molecule has 6 aromatic rings. The number of carbonyl (C=O) groups excluding carboxylic acids is 2. The van der Waals surface area contributed by atoms with E-state index < -0.39 is 35.8 Å². The van der Waals surface area contributed by atoms with Crippen molar-refractivity contribution < 1.29 is 77.8 Å². The van der Waals surface area contributed by atoms with E-state index >= 15 is 0 Å². The number of likely N-dealkylation sites (tertiary alicyclic amines) is 2. The summed E-state index contributed by atoms with van der Waals surface area (Å²) in [6.45, 7) is 15.1. The lowest BCUT2D eigenvalue weighted by molar-refractivity contribution is -0.134. The first-order valence-electron chi connectivity index (χ1n) is 28.7. The average molecular weight is 1220 g/mol. The van der Waals surface area contributed by atoms with E-state index in [-0.39, 0.29) is 35.5 Å². The van der Waals surface area contributed by atoms with Crippen LogP contribution in [-0.2, 0) is 64.3 Å². The lowest BCUT2D eigenvalue weighted by Gasteiger charge is -2.31. The summed E-state index contributed by atoms with van der Waals surface area (Å²) in [6, 6.07) is 30.3. The van der Waals surface area contributed by atoms with Gasteiger partial charge >= 0.3 is 35.8 Å². The summed E-state index contributed by atoms with van der Waals surface area (Å²) in [4.78, 5) is 95.9. The maximum absolute atomic E-state index is 13.3. The number of carboxylic acids is 6. The van der Waals surface area contributed by atoms with Crippen LogP contribution in [0.25, 0.3) is 22.1 Å². The molecule has 0 radical (unpaired) electrons. The Morgan fingerprint density at radius 1 is 0.466 bits per heavy atom. The predicted molar refractivity (Wildman–Crippen MR) is 325 cm³/mol. The van der Waals surface area contributed by atoms with E-state index in [1.54, 1.807) is 0 Å². The summed E-state index contributed by atoms with van der Waals surface area (Å²) in [6.07, 6.45) is 10.8. The fourth-order valence-corrected chi connectivity index (χ4v) is 9.54. The van der Waals surface area contributed by atoms with E-state index in [1.807, 2.05) is 76.2 Å². The number of nitrogens with one attached hydrogen (secondary N) is 2. The lowest BCUT2D eigenvalue weighted by Crippen LogP contribution is -2.38. The Kier molecular flexibility index (Phi) is 30.0. The van der Waals surface area contributed by atoms with Gasteiger partial charge < -0.3 is 60.2 Å². The molecule has 0 bridgehead atoms. The standard InChI is InChI=1S/2C26H33FN4O.3C4H4O4/c2*1-19(2)28-26(32)13-16-30-14-11-20(12-15-30)17-25-29-23-5-3-4-6-24(23)31(25)18-21-7-9-22(27)10-8-21;3*5-3(6)1-2-4(7)8/h2*3-10,19-20H,11-18H2,1-2H3,(H,28,32);3*1-2H,(H,5,6)(H,7,8). The van der Waals surface area contributed by atoms with Crippen LogP contribution in [0.3, 0.4) is 0 Å². The number of carboxylic acid groups (broad SMARTS) is 6. The first-order chi connectivity index (χ1) is 41.8. The van der Waals surface area contributed by atoms with E-state index in [4.69, 9.17) is 40.6 Å². The third kappa shape index (κ3) is 27.7. The molecule has 8 N–H and O–H groups in total. The minimum Gasteiger partial charge on any atom is -0.478 e. The molecule has 4 aromatic carbocycles. The van der Waals surface area contributed by atoms with Crippen LogP contribution in [0.2, 0.25) is 0 Å². The second kappa shape index (κ2) is 37.2. The zero-order chi connectivity index (χ0) is 64.7. The third-order valence-electron chi connectivity index (χ3n) is 13.6. The highest BCUT2D eigenvalue weighted by Crippen LogP contribution is 2.27. The number of para-hydroxylation sites is 4. The van der Waals surface area contributed by atoms with Gasteiger partial charge in [0.25, 0.3) is 0 Å². The normalized spacial score (nSPS) is 13.9. The van der Waals surface area contributed by atoms with Gasteiger partial charge in [-0.1, -0.05) is 48.5 Å². The minimum absolute atomic E-state index is 0.136. The number of carbonyl (C=O) groups is 8. The number of piperidine rings is 2. The van der Waals surface area contributed by atoms with Gasteiger partial charge in [0.15, 0.2) is 0 Å². The smallest absolute Gasteiger partial charge is 0.328 e. The molecule has 0 unspecified atom stereocenters. The number of fused-ring (bicyclic) bond motifs is 2. The van der Waals surface area contributed by atoms with Gasteiger partial charge in [-0.05, 0) is 151 Å². The zero-order valence-electron chi connectivity index (χ0n) is 49.7. The van der Waals surface area contributed by atoms with Crippen LogP contribution < -0.4 is 10.6 Å². The first kappa shape index (κ1) is 71.1. The number of imidazole rings is 2. The summed E-state index contributed by atoms with van der Waals surface area (Å²) in [5, 5.41) is 52.8. The van der Waals surface area contributed by atoms with Crippen molar-refractivity contribution in [3.8, 4) is 0 Å². The molecule has 24 heteroatoms. The molecule has 0 spiro atoms. The van der Waals surface area contributed by atoms with Crippen LogP contribution in [0.5, 0.6) is 0 Å². The second-order valence-electron chi connectivity index (χ2n) is 21.4. The van der Waals surface area contributed by atoms with Crippen LogP contribution in [0.1, 0.15) is 89.0 Å². The van der Waals surface area contributed by atoms with Crippen molar-refractivity contribution in [1.29, 1.82) is 0 Å². The summed E-state index contributed by atoms with van der Waals surface area (Å²) in [5.74, 6) is -4.32. The van der Waals surface area contributed by atoms with E-state index in [9.17, 15) is 47.1 Å². The molecular weight excluding hydrogens is 1140 g/mol. The summed E-state index contributed by atoms with van der Waals surface area (Å²) >= 11 is 0. The molecule has 2 aromatic heterocycles. The Balaban J connectivity index is 0.000000275. The number of rotatable bonds is 22. The largest absolute Gasteiger partial charge is 0.478 e. The van der Waals surface area contributed by atoms with Gasteiger partial charge in [-0.3, -0.25) is 9.59 Å². The van der Waals surface area contributed by atoms with Crippen LogP contribution in [0, 0.1) is 23.5 Å². The van der Waals surface area contributed by atoms with Crippen LogP contribution in [0.4, 0.5) is 8.78 Å². The molecule has 2 amide bonds. The fraction of sp³-hybridized carbons (Fsp3) is 0.375. The summed E-state index contributed by atoms with van der Waals surface area (Å²) in [5.41, 5.74) is 6.42. The highest BCUT2D eigenvalue weighted by Gasteiger charge is 2.25. The molecule has 4 heterocycles. The topological polar surface area (TPSA) is 324 Å². The Morgan fingerprint density at radius 2 is 0.750 bits per heavy atom. The van der Waals surface area contributed by atoms with Crippen LogP contribution in [0.15, 0.2) is 134 Å². The van der Waals surface area contributed by atoms with Crippen molar-refractivity contribution >= 4 is 69.7 Å². The average Bonchev–Trinajstić information content (AvgIpc) is 2.53. The van der Waals surface area contributed by atoms with Crippen molar-refractivity contribution in [3.05, 3.63) is 168 Å². The SMILES string of the molecule is CC(C)NC(=O)CCN1CCC(Cc2nc3ccccc3n2Cc2ccc(F)cc2)CC1.CC(C)NC(=O)CCN1CCC(Cc2nc3ccccc3n2Cc2ccc(F)cc2)CC1.O=C(O)C=CC(=O)O.O=C(O)C=CC(=O)O.O=C(O)C=CC(=O)O. The lowest BCUT2D eigenvalue weighted by atomic mass is 9.93. The molecule has 2 fully saturated rings. The number of amides is 2. The molecule has 2 aliphatic heterocycles. The molecule has 8 rings (SSSR count). The van der Waals surface area contributed by atoms with Gasteiger partial charge in [0.2, 0.25) is 11.8 Å². The third-order valence-corrected chi connectivity index (χ3v) is 13.6. The number of aliphatic carboxylic acids is 6. The van der Waals surface area contributed by atoms with Crippen molar-refractivity contribution in [2.45, 2.75) is 104 Å². The van der Waals surface area contributed by atoms with Crippen molar-refractivity contribution in [2.24, 2.45) is 11.8 Å². The molecule has 2 saturated heterocycles. The quantitative estimate of drug-likeness (QED) is 0.0299. The van der Waals surface area contributed by atoms with Gasteiger partial charge in [-0.2, -0.15) is 0 Å². The number of aromatic nitrogens is 4. The molecule has 2 aliphatic rings. The first-order valence-corrected chi connectivity index (χ1v) is 28.7. The number of halogens is 2. The van der Waals surface area contributed by atoms with Crippen molar-refractivity contribution in [2.75, 3.05) is 39.3 Å². The van der Waals surface area contributed by atoms with Crippen LogP contribution >= 0.6 is 0 Å². The van der Waals surface area contributed by atoms with E-state index in [0.29, 0.717) is 74.2 Å². The monoisotopic (exact) mass is 1220 g/mol. The molecule has 0 atom stereocenters. The van der Waals surface area contributed by atoms with Gasteiger partial charge in [0.1, 0.15) is 23.3 Å². The predicted octanol–water partition coefficient (Wildman–Crippen LogP) is 7.92.